The molecule has 0 spiro atoms. The molecular weight excluding hydrogens is 754 g/mol. The average Bonchev–Trinajstić information content (AvgIpc) is 2.94. The first-order valence-electron chi connectivity index (χ1n) is 11.7. The van der Waals surface area contributed by atoms with E-state index in [2.05, 4.69) is 20.5 Å². The Morgan fingerprint density at radius 1 is 0.694 bits per heavy atom. The summed E-state index contributed by atoms with van der Waals surface area (Å²) in [4.78, 5) is 8.86. The Hall–Kier alpha value is -1.06. The monoisotopic (exact) mass is 769 g/mol. The minimum atomic E-state index is -5.43. The summed E-state index contributed by atoms with van der Waals surface area (Å²) in [5, 5.41) is 36.9. The second-order valence-electron chi connectivity index (χ2n) is 8.73. The Balaban J connectivity index is 0.00000576. The molecule has 18 nitrogen and oxygen atoms in total. The zero-order valence-electron chi connectivity index (χ0n) is 26.1. The molecule has 25 heteroatoms. The zero-order chi connectivity index (χ0) is 33.5. The predicted octanol–water partition coefficient (Wildman–Crippen LogP) is -9.94. The summed E-state index contributed by atoms with van der Waals surface area (Å²) in [5.74, 6) is -3.12. The average molecular weight is 770 g/mol. The number of hydrogen-bond acceptors (Lipinski definition) is 18. The number of nitrogens with zero attached hydrogens (tertiary/aromatic N) is 4. The molecule has 0 aliphatic heterocycles. The number of fused-ring (bicyclic) bond motifs is 1. The molecule has 3 N–H and O–H groups in total. The molecule has 0 saturated heterocycles. The van der Waals surface area contributed by atoms with E-state index in [0.717, 1.165) is 43.5 Å². The Morgan fingerprint density at radius 2 is 1.20 bits per heavy atom. The van der Waals surface area contributed by atoms with Gasteiger partial charge in [-0.3, -0.25) is 0 Å². The number of methoxy groups -OCH3 is 1. The Kier molecular flexibility index (Phi) is 18.2. The number of carbonyl (C=O) groups excluding carboxylic acids is 1. The molecule has 4 aromatic carbocycles. The van der Waals surface area contributed by atoms with E-state index in [1.807, 2.05) is 0 Å². The molecule has 0 aliphatic carbocycles. The second-order valence-corrected chi connectivity index (χ2v) is 12.8. The number of nitrogens with two attached hydrogens (primary N) is 1. The molecule has 49 heavy (non-hydrogen) atoms. The van der Waals surface area contributed by atoms with Gasteiger partial charge in [-0.05, 0) is 54.6 Å². The number of carbonyl (C=O) groups is 1. The van der Waals surface area contributed by atoms with Crippen LogP contribution in [0.3, 0.4) is 0 Å². The molecule has 0 saturated carbocycles. The molecule has 0 unspecified atom stereocenters. The van der Waals surface area contributed by atoms with Gasteiger partial charge in [-0.25, -0.2) is 25.3 Å². The minimum Gasteiger partial charge on any atom is -0.744 e. The van der Waals surface area contributed by atoms with Crippen LogP contribution in [0.4, 0.5) is 28.4 Å². The molecular formula is C24H15N5Na4O13S3. The van der Waals surface area contributed by atoms with Crippen LogP contribution in [0.25, 0.3) is 10.8 Å². The van der Waals surface area contributed by atoms with Crippen LogP contribution in [-0.2, 0) is 30.4 Å². The van der Waals surface area contributed by atoms with Crippen LogP contribution in [0.2, 0.25) is 0 Å². The first kappa shape index (κ1) is 47.9. The summed E-state index contributed by atoms with van der Waals surface area (Å²) < 4.78 is 109. The van der Waals surface area contributed by atoms with Crippen molar-refractivity contribution in [1.82, 2.24) is 0 Å². The molecule has 0 heterocycles. The number of nitrogen functional groups attached to an aromatic ring is 1. The first-order chi connectivity index (χ1) is 20.8. The molecule has 0 bridgehead atoms. The number of rotatable bonds is 9. The molecule has 236 valence electrons. The van der Waals surface area contributed by atoms with Crippen molar-refractivity contribution >= 4 is 75.5 Å². The maximum Gasteiger partial charge on any atom is 1.00 e. The number of anilines is 1. The van der Waals surface area contributed by atoms with Crippen molar-refractivity contribution in [1.29, 1.82) is 0 Å². The Bertz CT molecular complexity index is 2310. The van der Waals surface area contributed by atoms with Crippen molar-refractivity contribution in [2.75, 3.05) is 12.8 Å². The number of aromatic carboxylic acids is 1. The molecule has 0 atom stereocenters. The van der Waals surface area contributed by atoms with Crippen LogP contribution in [-0.4, -0.2) is 57.1 Å². The third-order valence-electron chi connectivity index (χ3n) is 5.94. The van der Waals surface area contributed by atoms with Gasteiger partial charge >= 0.3 is 118 Å². The van der Waals surface area contributed by atoms with Gasteiger partial charge in [-0.1, -0.05) is 0 Å². The number of hydrogen-bond donors (Lipinski definition) is 2. The summed E-state index contributed by atoms with van der Waals surface area (Å²) in [6.07, 6.45) is 0. The molecule has 0 amide bonds. The third kappa shape index (κ3) is 11.2. The van der Waals surface area contributed by atoms with E-state index in [-0.39, 0.29) is 152 Å². The summed E-state index contributed by atoms with van der Waals surface area (Å²) in [5.41, 5.74) is 2.92. The third-order valence-corrected chi connectivity index (χ3v) is 8.45. The van der Waals surface area contributed by atoms with Crippen molar-refractivity contribution < 1.29 is 177 Å². The zero-order valence-corrected chi connectivity index (χ0v) is 36.6. The predicted molar refractivity (Wildman–Crippen MR) is 146 cm³/mol. The van der Waals surface area contributed by atoms with E-state index < -0.39 is 73.7 Å². The number of azo groups is 2. The van der Waals surface area contributed by atoms with E-state index in [9.17, 15) is 53.9 Å². The van der Waals surface area contributed by atoms with E-state index in [1.165, 1.54) is 12.1 Å². The molecule has 4 rings (SSSR count). The Morgan fingerprint density at radius 3 is 1.71 bits per heavy atom. The van der Waals surface area contributed by atoms with Crippen LogP contribution in [0.1, 0.15) is 10.4 Å². The maximum atomic E-state index is 12.2. The van der Waals surface area contributed by atoms with Crippen molar-refractivity contribution in [3.05, 3.63) is 60.2 Å². The van der Waals surface area contributed by atoms with Gasteiger partial charge < -0.3 is 39.1 Å². The van der Waals surface area contributed by atoms with Crippen molar-refractivity contribution in [2.24, 2.45) is 20.5 Å². The molecule has 0 radical (unpaired) electrons. The van der Waals surface area contributed by atoms with Crippen LogP contribution >= 0.6 is 0 Å². The largest absolute Gasteiger partial charge is 1.00 e. The number of phenols is 1. The van der Waals surface area contributed by atoms with Crippen LogP contribution in [0.15, 0.2) is 89.7 Å². The summed E-state index contributed by atoms with van der Waals surface area (Å²) in [7, 11) is -14.3. The van der Waals surface area contributed by atoms with Crippen molar-refractivity contribution in [2.45, 2.75) is 14.7 Å². The van der Waals surface area contributed by atoms with E-state index in [1.54, 1.807) is 0 Å². The Labute approximate surface area is 367 Å². The summed E-state index contributed by atoms with van der Waals surface area (Å²) >= 11 is 0. The summed E-state index contributed by atoms with van der Waals surface area (Å²) in [6.45, 7) is 0. The molecule has 0 aliphatic rings. The van der Waals surface area contributed by atoms with Gasteiger partial charge in [0.1, 0.15) is 53.2 Å². The van der Waals surface area contributed by atoms with Gasteiger partial charge in [-0.2, -0.15) is 0 Å². The quantitative estimate of drug-likeness (QED) is 0.0691. The van der Waals surface area contributed by atoms with Gasteiger partial charge in [0, 0.05) is 16.3 Å². The van der Waals surface area contributed by atoms with Crippen LogP contribution < -0.4 is 134 Å². The van der Waals surface area contributed by atoms with Crippen molar-refractivity contribution in [3.63, 3.8) is 0 Å². The van der Waals surface area contributed by atoms with Gasteiger partial charge in [0.25, 0.3) is 0 Å². The maximum absolute atomic E-state index is 12.2. The number of ether oxygens (including phenoxy) is 1. The number of aromatic hydroxyl groups is 1. The topological polar surface area (TPSA) is 317 Å². The molecule has 0 fully saturated rings. The fraction of sp³-hybridized carbons (Fsp3) is 0.0417. The normalized spacial score (nSPS) is 11.7. The van der Waals surface area contributed by atoms with Gasteiger partial charge in [0.15, 0.2) is 5.75 Å². The number of phenolic OH excluding ortho intramolecular Hbond substituents is 1. The fourth-order valence-corrected chi connectivity index (χ4v) is 5.46. The van der Waals surface area contributed by atoms with Crippen LogP contribution in [0.5, 0.6) is 11.5 Å². The number of benzene rings is 4. The van der Waals surface area contributed by atoms with E-state index in [4.69, 9.17) is 10.5 Å². The molecule has 4 aromatic rings. The number of carboxylic acids is 1. The van der Waals surface area contributed by atoms with Gasteiger partial charge in [0.05, 0.1) is 39.1 Å². The second kappa shape index (κ2) is 18.6. The smallest absolute Gasteiger partial charge is 0.744 e. The van der Waals surface area contributed by atoms with Gasteiger partial charge in [0.2, 0.25) is 0 Å². The van der Waals surface area contributed by atoms with E-state index in [0.29, 0.717) is 6.07 Å². The van der Waals surface area contributed by atoms with Crippen LogP contribution in [0, 0.1) is 0 Å². The molecule has 0 aromatic heterocycles. The van der Waals surface area contributed by atoms with E-state index >= 15 is 0 Å². The number of carboxylic acid groups (broad SMARTS) is 1. The van der Waals surface area contributed by atoms with Crippen molar-refractivity contribution in [3.8, 4) is 11.5 Å². The standard InChI is InChI=1S/C24H19N5O13S3.4Na/c1-42-19-9-12(44(36,37)38)3-7-18(19)27-29-22-20(45(39,40)41)10-14-13(23(22)30)4-5-16(25)21(14)28-26-17-6-2-11(43(33,34)35)8-15(17)24(31)32;;;;/h2-10,30H,25H2,1H3,(H,31,32)(H,33,34,35)(H,36,37,38)(H,39,40,41);;;;/q;4*+1/p-4. The SMILES string of the molecule is COc1cc(S(=O)(=O)[O-])ccc1N=Nc1c(S(=O)(=O)[O-])cc2c(N=Nc3ccc(S(=O)(=O)[O-])cc3C(=O)[O-])c(N)ccc2c1O.[Na+].[Na+].[Na+].[Na+]. The fourth-order valence-electron chi connectivity index (χ4n) is 3.85. The first-order valence-corrected chi connectivity index (χ1v) is 15.9. The minimum absolute atomic E-state index is 0. The van der Waals surface area contributed by atoms with Gasteiger partial charge in [-0.15, -0.1) is 20.5 Å². The summed E-state index contributed by atoms with van der Waals surface area (Å²) in [6, 6.07) is 7.86.